The maximum absolute atomic E-state index is 12.5. The molecule has 1 aromatic carbocycles. The fraction of sp³-hybridized carbons (Fsp3) is 0.400. The van der Waals surface area contributed by atoms with Crippen LogP contribution in [0.4, 0.5) is 0 Å². The number of aliphatic hydroxyl groups excluding tert-OH is 2. The van der Waals surface area contributed by atoms with Gasteiger partial charge in [-0.1, -0.05) is 12.1 Å². The fourth-order valence-corrected chi connectivity index (χ4v) is 3.25. The number of amides is 2. The number of hydrogen-bond donors (Lipinski definition) is 3. The van der Waals surface area contributed by atoms with Crippen LogP contribution < -0.4 is 5.73 Å². The minimum absolute atomic E-state index is 0.215. The van der Waals surface area contributed by atoms with Gasteiger partial charge in [0, 0.05) is 6.42 Å². The molecule has 0 aromatic heterocycles. The van der Waals surface area contributed by atoms with Gasteiger partial charge in [0.1, 0.15) is 17.7 Å². The zero-order chi connectivity index (χ0) is 16.9. The topological polar surface area (TPSA) is 130 Å². The van der Waals surface area contributed by atoms with Gasteiger partial charge < -0.3 is 20.7 Å². The predicted molar refractivity (Wildman–Crippen MR) is 76.3 cm³/mol. The lowest BCUT2D eigenvalue weighted by molar-refractivity contribution is -0.152. The van der Waals surface area contributed by atoms with Gasteiger partial charge in [0.2, 0.25) is 0 Å². The van der Waals surface area contributed by atoms with E-state index in [1.54, 1.807) is 12.1 Å². The lowest BCUT2D eigenvalue weighted by Crippen LogP contribution is -2.56. The lowest BCUT2D eigenvalue weighted by atomic mass is 9.96. The second-order valence-corrected chi connectivity index (χ2v) is 5.76. The Hall–Kier alpha value is -2.29. The minimum atomic E-state index is -1.88. The maximum atomic E-state index is 12.5. The second kappa shape index (κ2) is 5.12. The van der Waals surface area contributed by atoms with E-state index in [0.717, 1.165) is 12.0 Å². The highest BCUT2D eigenvalue weighted by Gasteiger charge is 2.60. The van der Waals surface area contributed by atoms with Crippen LogP contribution in [-0.4, -0.2) is 63.8 Å². The van der Waals surface area contributed by atoms with Crippen LogP contribution in [0.5, 0.6) is 0 Å². The number of esters is 1. The van der Waals surface area contributed by atoms with Gasteiger partial charge in [0.25, 0.3) is 11.8 Å². The molecule has 3 rings (SSSR count). The number of rotatable bonds is 2. The highest BCUT2D eigenvalue weighted by molar-refractivity contribution is 6.21. The molecule has 1 aliphatic carbocycles. The normalized spacial score (nSPS) is 33.0. The molecule has 4 atom stereocenters. The molecule has 2 amide bonds. The summed E-state index contributed by atoms with van der Waals surface area (Å²) in [5.41, 5.74) is 4.42. The average molecular weight is 320 g/mol. The maximum Gasteiger partial charge on any atom is 0.328 e. The van der Waals surface area contributed by atoms with E-state index in [4.69, 9.17) is 5.73 Å². The molecule has 1 fully saturated rings. The molecule has 23 heavy (non-hydrogen) atoms. The van der Waals surface area contributed by atoms with E-state index < -0.39 is 41.6 Å². The number of hydrogen-bond acceptors (Lipinski definition) is 7. The van der Waals surface area contributed by atoms with Crippen molar-refractivity contribution in [1.82, 2.24) is 4.90 Å². The van der Waals surface area contributed by atoms with Gasteiger partial charge in [-0.25, -0.2) is 4.79 Å². The summed E-state index contributed by atoms with van der Waals surface area (Å²) in [5.74, 6) is -2.09. The first-order chi connectivity index (χ1) is 10.8. The van der Waals surface area contributed by atoms with Crippen molar-refractivity contribution in [1.29, 1.82) is 0 Å². The van der Waals surface area contributed by atoms with Crippen LogP contribution in [0.2, 0.25) is 0 Å². The summed E-state index contributed by atoms with van der Waals surface area (Å²) in [4.78, 5) is 37.6. The average Bonchev–Trinajstić information content (AvgIpc) is 2.94. The highest BCUT2D eigenvalue weighted by Crippen LogP contribution is 2.37. The summed E-state index contributed by atoms with van der Waals surface area (Å²) in [6.45, 7) is 0. The molecule has 1 aliphatic heterocycles. The number of aliphatic hydroxyl groups is 2. The van der Waals surface area contributed by atoms with Crippen LogP contribution in [0.3, 0.4) is 0 Å². The number of ether oxygens (including phenoxy) is 1. The minimum Gasteiger partial charge on any atom is -0.468 e. The number of fused-ring (bicyclic) bond motifs is 1. The van der Waals surface area contributed by atoms with Crippen molar-refractivity contribution < 1.29 is 29.3 Å². The quantitative estimate of drug-likeness (QED) is 0.453. The molecule has 8 heteroatoms. The SMILES string of the molecule is COC(=O)[C@]1(N)C[C@@H](N2C(=O)c3ccccc3C2=O)[C@H](O)[C@@H]1O. The number of benzene rings is 1. The molecule has 8 nitrogen and oxygen atoms in total. The van der Waals surface area contributed by atoms with Crippen LogP contribution in [0, 0.1) is 0 Å². The van der Waals surface area contributed by atoms with Crippen molar-refractivity contribution in [3.63, 3.8) is 0 Å². The Morgan fingerprint density at radius 2 is 1.78 bits per heavy atom. The number of nitrogens with zero attached hydrogens (tertiary/aromatic N) is 1. The number of methoxy groups -OCH3 is 1. The van der Waals surface area contributed by atoms with Crippen LogP contribution in [0.1, 0.15) is 27.1 Å². The Bertz CT molecular complexity index is 670. The van der Waals surface area contributed by atoms with Gasteiger partial charge in [0.05, 0.1) is 24.3 Å². The van der Waals surface area contributed by atoms with Gasteiger partial charge >= 0.3 is 5.97 Å². The summed E-state index contributed by atoms with van der Waals surface area (Å²) >= 11 is 0. The number of imide groups is 1. The molecular formula is C15H16N2O6. The number of carbonyl (C=O) groups excluding carboxylic acids is 3. The molecule has 1 saturated carbocycles. The van der Waals surface area contributed by atoms with E-state index in [9.17, 15) is 24.6 Å². The van der Waals surface area contributed by atoms with Gasteiger partial charge in [-0.05, 0) is 12.1 Å². The van der Waals surface area contributed by atoms with Crippen LogP contribution in [0.25, 0.3) is 0 Å². The second-order valence-electron chi connectivity index (χ2n) is 5.76. The van der Waals surface area contributed by atoms with Crippen molar-refractivity contribution in [3.8, 4) is 0 Å². The molecule has 0 saturated heterocycles. The summed E-state index contributed by atoms with van der Waals surface area (Å²) in [6, 6.07) is 5.14. The Kier molecular flexibility index (Phi) is 3.47. The van der Waals surface area contributed by atoms with Crippen molar-refractivity contribution in [2.24, 2.45) is 5.73 Å². The van der Waals surface area contributed by atoms with Crippen LogP contribution in [0.15, 0.2) is 24.3 Å². The van der Waals surface area contributed by atoms with Gasteiger partial charge in [0.15, 0.2) is 0 Å². The molecule has 0 radical (unpaired) electrons. The first-order valence-electron chi connectivity index (χ1n) is 7.03. The molecule has 4 N–H and O–H groups in total. The lowest BCUT2D eigenvalue weighted by Gasteiger charge is -2.25. The van der Waals surface area contributed by atoms with E-state index in [1.807, 2.05) is 0 Å². The van der Waals surface area contributed by atoms with E-state index in [1.165, 1.54) is 12.1 Å². The Balaban J connectivity index is 1.97. The Labute approximate surface area is 131 Å². The molecule has 2 aliphatic rings. The monoisotopic (exact) mass is 320 g/mol. The summed E-state index contributed by atoms with van der Waals surface area (Å²) in [5, 5.41) is 20.3. The third-order valence-corrected chi connectivity index (χ3v) is 4.51. The first-order valence-corrected chi connectivity index (χ1v) is 7.03. The highest BCUT2D eigenvalue weighted by atomic mass is 16.5. The fourth-order valence-electron chi connectivity index (χ4n) is 3.25. The van der Waals surface area contributed by atoms with Gasteiger partial charge in [-0.2, -0.15) is 0 Å². The zero-order valence-electron chi connectivity index (χ0n) is 12.3. The Morgan fingerprint density at radius 3 is 2.26 bits per heavy atom. The molecule has 0 spiro atoms. The third kappa shape index (κ3) is 1.99. The van der Waals surface area contributed by atoms with E-state index in [-0.39, 0.29) is 17.5 Å². The van der Waals surface area contributed by atoms with Crippen LogP contribution in [-0.2, 0) is 9.53 Å². The molecule has 1 aromatic rings. The summed E-state index contributed by atoms with van der Waals surface area (Å²) in [7, 11) is 1.10. The van der Waals surface area contributed by atoms with E-state index in [0.29, 0.717) is 0 Å². The number of nitrogens with two attached hydrogens (primary N) is 1. The van der Waals surface area contributed by atoms with Crippen LogP contribution >= 0.6 is 0 Å². The smallest absolute Gasteiger partial charge is 0.328 e. The molecule has 122 valence electrons. The summed E-state index contributed by atoms with van der Waals surface area (Å²) < 4.78 is 4.56. The number of carbonyl (C=O) groups is 3. The Morgan fingerprint density at radius 1 is 1.26 bits per heavy atom. The van der Waals surface area contributed by atoms with Crippen molar-refractivity contribution in [2.75, 3.05) is 7.11 Å². The molecule has 0 bridgehead atoms. The van der Waals surface area contributed by atoms with E-state index in [2.05, 4.69) is 4.74 Å². The van der Waals surface area contributed by atoms with Crippen molar-refractivity contribution in [3.05, 3.63) is 35.4 Å². The van der Waals surface area contributed by atoms with Gasteiger partial charge in [-0.3, -0.25) is 14.5 Å². The van der Waals surface area contributed by atoms with Gasteiger partial charge in [-0.15, -0.1) is 0 Å². The van der Waals surface area contributed by atoms with E-state index >= 15 is 0 Å². The molecule has 0 unspecified atom stereocenters. The zero-order valence-corrected chi connectivity index (χ0v) is 12.3. The third-order valence-electron chi connectivity index (χ3n) is 4.51. The predicted octanol–water partition coefficient (Wildman–Crippen LogP) is -1.35. The van der Waals surface area contributed by atoms with Crippen molar-refractivity contribution >= 4 is 17.8 Å². The molecular weight excluding hydrogens is 304 g/mol. The largest absolute Gasteiger partial charge is 0.468 e. The van der Waals surface area contributed by atoms with Crippen molar-refractivity contribution in [2.45, 2.75) is 30.2 Å². The standard InChI is InChI=1S/C15H16N2O6/c1-23-14(22)15(16)6-9(10(18)11(15)19)17-12(20)7-4-2-3-5-8(7)13(17)21/h2-5,9-11,18-19H,6,16H2,1H3/t9-,10+,11+,15+/m1/s1. The summed E-state index contributed by atoms with van der Waals surface area (Å²) in [6.07, 6.45) is -3.47. The molecule has 1 heterocycles. The first kappa shape index (κ1) is 15.6.